The Hall–Kier alpha value is -3.72. The van der Waals surface area contributed by atoms with Crippen LogP contribution in [0, 0.1) is 10.1 Å². The minimum atomic E-state index is -1.05. The summed E-state index contributed by atoms with van der Waals surface area (Å²) in [7, 11) is 1.41. The molecule has 14 nitrogen and oxygen atoms in total. The van der Waals surface area contributed by atoms with Crippen molar-refractivity contribution in [3.8, 4) is 0 Å². The molecule has 0 saturated carbocycles. The second kappa shape index (κ2) is 10.0. The molecule has 2 aromatic heterocycles. The van der Waals surface area contributed by atoms with Crippen LogP contribution in [-0.4, -0.2) is 79.4 Å². The molecule has 180 valence electrons. The number of aromatic nitrogens is 4. The highest BCUT2D eigenvalue weighted by Gasteiger charge is 2.45. The van der Waals surface area contributed by atoms with E-state index >= 15 is 0 Å². The predicted molar refractivity (Wildman–Crippen MR) is 115 cm³/mol. The highest BCUT2D eigenvalue weighted by molar-refractivity contribution is 5.93. The fraction of sp³-hybridized carbons (Fsp3) is 0.400. The second-order valence-electron chi connectivity index (χ2n) is 7.42. The van der Waals surface area contributed by atoms with E-state index < -0.39 is 42.2 Å². The molecule has 1 aliphatic rings. The Morgan fingerprint density at radius 1 is 1.29 bits per heavy atom. The van der Waals surface area contributed by atoms with E-state index in [4.69, 9.17) is 14.2 Å². The molecule has 3 aromatic rings. The molecule has 34 heavy (non-hydrogen) atoms. The van der Waals surface area contributed by atoms with Crippen molar-refractivity contribution in [3.05, 3.63) is 52.6 Å². The minimum absolute atomic E-state index is 0.0177. The van der Waals surface area contributed by atoms with E-state index in [1.807, 2.05) is 0 Å². The summed E-state index contributed by atoms with van der Waals surface area (Å²) in [5.74, 6) is 0.107. The van der Waals surface area contributed by atoms with Crippen molar-refractivity contribution in [2.75, 3.05) is 25.6 Å². The molecule has 0 spiro atoms. The summed E-state index contributed by atoms with van der Waals surface area (Å²) < 4.78 is 17.7. The molecule has 1 saturated heterocycles. The number of hydrogen-bond donors (Lipinski definition) is 3. The molecule has 0 radical (unpaired) electrons. The molecule has 3 N–H and O–H groups in total. The minimum Gasteiger partial charge on any atom is -0.449 e. The summed E-state index contributed by atoms with van der Waals surface area (Å²) in [5.41, 5.74) is 1.33. The van der Waals surface area contributed by atoms with Crippen LogP contribution in [-0.2, 0) is 20.6 Å². The molecular weight excluding hydrogens is 452 g/mol. The lowest BCUT2D eigenvalue weighted by Gasteiger charge is -2.19. The number of fused-ring (bicyclic) bond motifs is 1. The van der Waals surface area contributed by atoms with Crippen LogP contribution < -0.4 is 5.32 Å². The molecule has 3 heterocycles. The van der Waals surface area contributed by atoms with E-state index in [-0.39, 0.29) is 23.6 Å². The molecule has 4 atom stereocenters. The fourth-order valence-corrected chi connectivity index (χ4v) is 3.66. The lowest BCUT2D eigenvalue weighted by Crippen LogP contribution is -2.34. The number of aliphatic hydroxyl groups excluding tert-OH is 2. The van der Waals surface area contributed by atoms with Crippen LogP contribution in [0.4, 0.5) is 16.3 Å². The Morgan fingerprint density at radius 3 is 2.74 bits per heavy atom. The number of nitrogens with one attached hydrogen (secondary N) is 1. The van der Waals surface area contributed by atoms with Crippen LogP contribution in [0.2, 0.25) is 0 Å². The molecule has 14 heteroatoms. The van der Waals surface area contributed by atoms with Crippen molar-refractivity contribution < 1.29 is 34.1 Å². The molecule has 1 amide bonds. The Balaban J connectivity index is 1.41. The van der Waals surface area contributed by atoms with E-state index in [0.29, 0.717) is 12.1 Å². The third-order valence-corrected chi connectivity index (χ3v) is 5.39. The summed E-state index contributed by atoms with van der Waals surface area (Å²) in [6, 6.07) is 5.95. The van der Waals surface area contributed by atoms with Crippen LogP contribution in [0.1, 0.15) is 11.8 Å². The van der Waals surface area contributed by atoms with Gasteiger partial charge in [0.05, 0.1) is 24.5 Å². The molecule has 1 aromatic carbocycles. The molecular formula is C20H22N6O8. The van der Waals surface area contributed by atoms with Crippen LogP contribution in [0.15, 0.2) is 36.9 Å². The number of rotatable bonds is 8. The van der Waals surface area contributed by atoms with Crippen molar-refractivity contribution in [1.82, 2.24) is 19.5 Å². The number of amides is 1. The Kier molecular flexibility index (Phi) is 6.93. The summed E-state index contributed by atoms with van der Waals surface area (Å²) in [4.78, 5) is 34.9. The summed E-state index contributed by atoms with van der Waals surface area (Å²) in [6.45, 7) is -0.351. The Morgan fingerprint density at radius 2 is 2.06 bits per heavy atom. The quantitative estimate of drug-likeness (QED) is 0.310. The third kappa shape index (κ3) is 4.65. The highest BCUT2D eigenvalue weighted by Crippen LogP contribution is 2.33. The number of nitro groups is 1. The van der Waals surface area contributed by atoms with Crippen LogP contribution in [0.25, 0.3) is 11.2 Å². The molecule has 0 bridgehead atoms. The summed E-state index contributed by atoms with van der Waals surface area (Å²) >= 11 is 0. The third-order valence-electron chi connectivity index (χ3n) is 5.39. The number of carbonyl (C=O) groups excluding carboxylic acids is 1. The highest BCUT2D eigenvalue weighted by atomic mass is 16.6. The first kappa shape index (κ1) is 23.4. The number of nitrogens with zero attached hydrogens (tertiary/aromatic N) is 5. The molecule has 4 rings (SSSR count). The van der Waals surface area contributed by atoms with Gasteiger partial charge in [0.2, 0.25) is 0 Å². The van der Waals surface area contributed by atoms with E-state index in [0.717, 1.165) is 5.56 Å². The van der Waals surface area contributed by atoms with Gasteiger partial charge >= 0.3 is 6.09 Å². The van der Waals surface area contributed by atoms with Gasteiger partial charge in [0, 0.05) is 25.7 Å². The lowest BCUT2D eigenvalue weighted by molar-refractivity contribution is -0.384. The first-order valence-electron chi connectivity index (χ1n) is 10.2. The molecule has 0 aliphatic carbocycles. The molecule has 1 fully saturated rings. The van der Waals surface area contributed by atoms with Crippen LogP contribution in [0.3, 0.4) is 0 Å². The van der Waals surface area contributed by atoms with E-state index in [2.05, 4.69) is 20.3 Å². The van der Waals surface area contributed by atoms with Crippen molar-refractivity contribution in [3.63, 3.8) is 0 Å². The number of imidazole rings is 1. The van der Waals surface area contributed by atoms with E-state index in [9.17, 15) is 25.1 Å². The largest absolute Gasteiger partial charge is 0.449 e. The zero-order valence-electron chi connectivity index (χ0n) is 18.0. The van der Waals surface area contributed by atoms with Crippen molar-refractivity contribution in [2.45, 2.75) is 31.0 Å². The van der Waals surface area contributed by atoms with Crippen LogP contribution in [0.5, 0.6) is 0 Å². The standard InChI is InChI=1S/C20H22N6O8/c1-32-16-15(28)13(8-27)34-19(16)25-10-23-14-17(21-9-22-18(14)25)24-20(29)33-7-6-11-2-4-12(5-3-11)26(30)31/h2-5,9-10,13,15-16,19,27-28H,6-8H2,1H3,(H,21,22,24,29)/t13-,15-,16-,19-/m1/s1. The number of nitro benzene ring substituents is 1. The molecule has 1 aliphatic heterocycles. The van der Waals surface area contributed by atoms with Gasteiger partial charge in [-0.3, -0.25) is 20.0 Å². The van der Waals surface area contributed by atoms with Gasteiger partial charge in [0.25, 0.3) is 5.69 Å². The van der Waals surface area contributed by atoms with Crippen molar-refractivity contribution in [2.24, 2.45) is 0 Å². The average Bonchev–Trinajstić information content (AvgIpc) is 3.40. The predicted octanol–water partition coefficient (Wildman–Crippen LogP) is 0.791. The van der Waals surface area contributed by atoms with Gasteiger partial charge in [-0.05, 0) is 5.56 Å². The van der Waals surface area contributed by atoms with E-state index in [1.54, 1.807) is 12.1 Å². The number of carbonyl (C=O) groups is 1. The smallest absolute Gasteiger partial charge is 0.412 e. The van der Waals surface area contributed by atoms with Crippen LogP contribution >= 0.6 is 0 Å². The maximum absolute atomic E-state index is 12.3. The first-order valence-corrected chi connectivity index (χ1v) is 10.2. The number of ether oxygens (including phenoxy) is 3. The zero-order chi connectivity index (χ0) is 24.2. The van der Waals surface area contributed by atoms with Crippen molar-refractivity contribution in [1.29, 1.82) is 0 Å². The average molecular weight is 474 g/mol. The number of non-ortho nitro benzene ring substituents is 1. The Bertz CT molecular complexity index is 1170. The van der Waals surface area contributed by atoms with Gasteiger partial charge in [-0.2, -0.15) is 0 Å². The van der Waals surface area contributed by atoms with Gasteiger partial charge in [0.15, 0.2) is 23.2 Å². The normalized spacial score (nSPS) is 22.1. The summed E-state index contributed by atoms with van der Waals surface area (Å²) in [6.07, 6.45) is -1.23. The van der Waals surface area contributed by atoms with Crippen molar-refractivity contribution >= 4 is 28.8 Å². The lowest BCUT2D eigenvalue weighted by atomic mass is 10.1. The maximum atomic E-state index is 12.3. The zero-order valence-corrected chi connectivity index (χ0v) is 18.0. The second-order valence-corrected chi connectivity index (χ2v) is 7.42. The number of aliphatic hydroxyl groups is 2. The van der Waals surface area contributed by atoms with Gasteiger partial charge in [0.1, 0.15) is 24.6 Å². The number of methoxy groups -OCH3 is 1. The monoisotopic (exact) mass is 474 g/mol. The summed E-state index contributed by atoms with van der Waals surface area (Å²) in [5, 5.41) is 32.9. The van der Waals surface area contributed by atoms with Gasteiger partial charge in [-0.25, -0.2) is 19.7 Å². The maximum Gasteiger partial charge on any atom is 0.412 e. The van der Waals surface area contributed by atoms with E-state index in [1.165, 1.54) is 36.5 Å². The van der Waals surface area contributed by atoms with Gasteiger partial charge in [-0.1, -0.05) is 12.1 Å². The SMILES string of the molecule is CO[C@@H]1[C@H](O)[C@@H](CO)O[C@H]1n1cnc2c(NC(=O)OCCc3ccc([N+](=O)[O-])cc3)ncnc21. The number of anilines is 1. The number of benzene rings is 1. The Labute approximate surface area is 192 Å². The first-order chi connectivity index (χ1) is 16.4. The topological polar surface area (TPSA) is 184 Å². The number of hydrogen-bond acceptors (Lipinski definition) is 11. The van der Waals surface area contributed by atoms with Gasteiger partial charge in [-0.15, -0.1) is 0 Å². The van der Waals surface area contributed by atoms with Gasteiger partial charge < -0.3 is 24.4 Å². The fourth-order valence-electron chi connectivity index (χ4n) is 3.66. The molecule has 0 unspecified atom stereocenters.